The summed E-state index contributed by atoms with van der Waals surface area (Å²) in [5.74, 6) is 0.309. The van der Waals surface area contributed by atoms with Crippen LogP contribution < -0.4 is 5.32 Å². The van der Waals surface area contributed by atoms with E-state index in [-0.39, 0.29) is 5.41 Å². The Labute approximate surface area is 105 Å². The SMILES string of the molecule is C=C(C)CN(C)C(=O)C1(CCC)CCNCC1. The van der Waals surface area contributed by atoms with Gasteiger partial charge in [-0.3, -0.25) is 4.79 Å². The molecule has 98 valence electrons. The maximum atomic E-state index is 12.6. The van der Waals surface area contributed by atoms with Crippen molar-refractivity contribution >= 4 is 5.91 Å². The van der Waals surface area contributed by atoms with Crippen LogP contribution in [0.4, 0.5) is 0 Å². The molecule has 0 atom stereocenters. The summed E-state index contributed by atoms with van der Waals surface area (Å²) in [7, 11) is 1.90. The lowest BCUT2D eigenvalue weighted by atomic mass is 9.74. The molecule has 1 fully saturated rings. The van der Waals surface area contributed by atoms with E-state index in [2.05, 4.69) is 18.8 Å². The van der Waals surface area contributed by atoms with E-state index in [0.717, 1.165) is 44.3 Å². The molecule has 0 aliphatic carbocycles. The van der Waals surface area contributed by atoms with Crippen LogP contribution >= 0.6 is 0 Å². The van der Waals surface area contributed by atoms with Gasteiger partial charge in [0.25, 0.3) is 0 Å². The Bertz CT molecular complexity index is 274. The number of carbonyl (C=O) groups is 1. The maximum Gasteiger partial charge on any atom is 0.228 e. The Hall–Kier alpha value is -0.830. The molecule has 0 radical (unpaired) electrons. The zero-order valence-electron chi connectivity index (χ0n) is 11.5. The van der Waals surface area contributed by atoms with Crippen molar-refractivity contribution in [3.63, 3.8) is 0 Å². The number of piperidine rings is 1. The molecule has 0 saturated carbocycles. The first-order valence-corrected chi connectivity index (χ1v) is 6.62. The third kappa shape index (κ3) is 3.56. The average molecular weight is 238 g/mol. The summed E-state index contributed by atoms with van der Waals surface area (Å²) in [6.45, 7) is 10.6. The monoisotopic (exact) mass is 238 g/mol. The van der Waals surface area contributed by atoms with Crippen molar-refractivity contribution in [1.29, 1.82) is 0 Å². The van der Waals surface area contributed by atoms with Crippen LogP contribution in [0, 0.1) is 5.41 Å². The number of rotatable bonds is 5. The van der Waals surface area contributed by atoms with E-state index in [9.17, 15) is 4.79 Å². The minimum Gasteiger partial charge on any atom is -0.341 e. The molecule has 0 aromatic heterocycles. The highest BCUT2D eigenvalue weighted by Gasteiger charge is 2.40. The molecule has 1 amide bonds. The number of nitrogens with zero attached hydrogens (tertiary/aromatic N) is 1. The molecule has 17 heavy (non-hydrogen) atoms. The van der Waals surface area contributed by atoms with Gasteiger partial charge in [-0.1, -0.05) is 25.5 Å². The summed E-state index contributed by atoms with van der Waals surface area (Å²) in [5, 5.41) is 3.34. The largest absolute Gasteiger partial charge is 0.341 e. The van der Waals surface area contributed by atoms with Crippen molar-refractivity contribution in [2.75, 3.05) is 26.7 Å². The first-order valence-electron chi connectivity index (χ1n) is 6.62. The minimum absolute atomic E-state index is 0.121. The van der Waals surface area contributed by atoms with Crippen LogP contribution in [0.15, 0.2) is 12.2 Å². The highest BCUT2D eigenvalue weighted by atomic mass is 16.2. The van der Waals surface area contributed by atoms with Gasteiger partial charge in [0, 0.05) is 13.6 Å². The normalized spacial score (nSPS) is 18.8. The van der Waals surface area contributed by atoms with Gasteiger partial charge in [-0.15, -0.1) is 0 Å². The Morgan fingerprint density at radius 2 is 2.00 bits per heavy atom. The number of nitrogens with one attached hydrogen (secondary N) is 1. The third-order valence-electron chi connectivity index (χ3n) is 3.60. The highest BCUT2D eigenvalue weighted by molar-refractivity contribution is 5.82. The Balaban J connectivity index is 2.75. The molecule has 1 rings (SSSR count). The van der Waals surface area contributed by atoms with Crippen LogP contribution in [-0.4, -0.2) is 37.5 Å². The van der Waals surface area contributed by atoms with Crippen molar-refractivity contribution in [3.05, 3.63) is 12.2 Å². The quantitative estimate of drug-likeness (QED) is 0.745. The number of carbonyl (C=O) groups excluding carboxylic acids is 1. The molecule has 3 heteroatoms. The lowest BCUT2D eigenvalue weighted by Crippen LogP contribution is -2.48. The van der Waals surface area contributed by atoms with Gasteiger partial charge in [-0.2, -0.15) is 0 Å². The Morgan fingerprint density at radius 3 is 2.47 bits per heavy atom. The second-order valence-electron chi connectivity index (χ2n) is 5.40. The van der Waals surface area contributed by atoms with Gasteiger partial charge in [0.2, 0.25) is 5.91 Å². The Kier molecular flexibility index (Phi) is 5.19. The van der Waals surface area contributed by atoms with Crippen LogP contribution in [0.25, 0.3) is 0 Å². The molecule has 1 aliphatic rings. The summed E-state index contributed by atoms with van der Waals surface area (Å²) in [6, 6.07) is 0. The van der Waals surface area contributed by atoms with Crippen molar-refractivity contribution in [3.8, 4) is 0 Å². The summed E-state index contributed by atoms with van der Waals surface area (Å²) in [4.78, 5) is 14.5. The summed E-state index contributed by atoms with van der Waals surface area (Å²) >= 11 is 0. The first-order chi connectivity index (χ1) is 8.02. The van der Waals surface area contributed by atoms with Gasteiger partial charge in [0.15, 0.2) is 0 Å². The van der Waals surface area contributed by atoms with Gasteiger partial charge in [-0.05, 0) is 39.3 Å². The number of amides is 1. The van der Waals surface area contributed by atoms with Gasteiger partial charge >= 0.3 is 0 Å². The maximum absolute atomic E-state index is 12.6. The molecule has 0 spiro atoms. The molecule has 0 unspecified atom stereocenters. The van der Waals surface area contributed by atoms with Crippen LogP contribution in [0.2, 0.25) is 0 Å². The first kappa shape index (κ1) is 14.2. The minimum atomic E-state index is -0.121. The highest BCUT2D eigenvalue weighted by Crippen LogP contribution is 2.35. The fraction of sp³-hybridized carbons (Fsp3) is 0.786. The average Bonchev–Trinajstić information content (AvgIpc) is 2.28. The molecule has 0 aromatic rings. The fourth-order valence-corrected chi connectivity index (χ4v) is 2.84. The van der Waals surface area contributed by atoms with Crippen molar-refractivity contribution in [1.82, 2.24) is 10.2 Å². The predicted octanol–water partition coefficient (Wildman–Crippen LogP) is 2.19. The van der Waals surface area contributed by atoms with Crippen LogP contribution in [0.3, 0.4) is 0 Å². The van der Waals surface area contributed by atoms with Gasteiger partial charge in [0.05, 0.1) is 5.41 Å². The van der Waals surface area contributed by atoms with E-state index in [0.29, 0.717) is 12.5 Å². The number of likely N-dealkylation sites (N-methyl/N-ethyl adjacent to an activating group) is 1. The lowest BCUT2D eigenvalue weighted by molar-refractivity contribution is -0.142. The molecular formula is C14H26N2O. The molecular weight excluding hydrogens is 212 g/mol. The second-order valence-corrected chi connectivity index (χ2v) is 5.40. The van der Waals surface area contributed by atoms with E-state index in [1.165, 1.54) is 0 Å². The van der Waals surface area contributed by atoms with Crippen molar-refractivity contribution in [2.45, 2.75) is 39.5 Å². The zero-order valence-corrected chi connectivity index (χ0v) is 11.5. The van der Waals surface area contributed by atoms with Gasteiger partial charge in [0.1, 0.15) is 0 Å². The van der Waals surface area contributed by atoms with E-state index >= 15 is 0 Å². The van der Waals surface area contributed by atoms with Crippen molar-refractivity contribution in [2.24, 2.45) is 5.41 Å². The second kappa shape index (κ2) is 6.20. The predicted molar refractivity (Wildman–Crippen MR) is 71.9 cm³/mol. The molecule has 1 aliphatic heterocycles. The lowest BCUT2D eigenvalue weighted by Gasteiger charge is -2.39. The number of hydrogen-bond donors (Lipinski definition) is 1. The van der Waals surface area contributed by atoms with Crippen LogP contribution in [0.1, 0.15) is 39.5 Å². The van der Waals surface area contributed by atoms with Crippen LogP contribution in [-0.2, 0) is 4.79 Å². The molecule has 0 bridgehead atoms. The van der Waals surface area contributed by atoms with Gasteiger partial charge in [-0.25, -0.2) is 0 Å². The Morgan fingerprint density at radius 1 is 1.41 bits per heavy atom. The molecule has 1 heterocycles. The smallest absolute Gasteiger partial charge is 0.228 e. The molecule has 0 aromatic carbocycles. The summed E-state index contributed by atoms with van der Waals surface area (Å²) < 4.78 is 0. The van der Waals surface area contributed by atoms with Gasteiger partial charge < -0.3 is 10.2 Å². The standard InChI is InChI=1S/C14H26N2O/c1-5-6-14(7-9-15-10-8-14)13(17)16(4)11-12(2)3/h15H,2,5-11H2,1,3-4H3. The molecule has 1 saturated heterocycles. The molecule has 1 N–H and O–H groups in total. The van der Waals surface area contributed by atoms with E-state index in [4.69, 9.17) is 0 Å². The van der Waals surface area contributed by atoms with E-state index in [1.807, 2.05) is 18.9 Å². The van der Waals surface area contributed by atoms with Crippen molar-refractivity contribution < 1.29 is 4.79 Å². The van der Waals surface area contributed by atoms with E-state index in [1.54, 1.807) is 0 Å². The van der Waals surface area contributed by atoms with Crippen LogP contribution in [0.5, 0.6) is 0 Å². The zero-order chi connectivity index (χ0) is 12.9. The number of hydrogen-bond acceptors (Lipinski definition) is 2. The topological polar surface area (TPSA) is 32.3 Å². The molecule has 3 nitrogen and oxygen atoms in total. The third-order valence-corrected chi connectivity index (χ3v) is 3.60. The summed E-state index contributed by atoms with van der Waals surface area (Å²) in [6.07, 6.45) is 4.03. The van der Waals surface area contributed by atoms with E-state index < -0.39 is 0 Å². The summed E-state index contributed by atoms with van der Waals surface area (Å²) in [5.41, 5.74) is 0.922. The fourth-order valence-electron chi connectivity index (χ4n) is 2.84.